The van der Waals surface area contributed by atoms with E-state index in [0.717, 1.165) is 36.0 Å². The van der Waals surface area contributed by atoms with E-state index in [-0.39, 0.29) is 28.2 Å². The van der Waals surface area contributed by atoms with Crippen LogP contribution in [-0.4, -0.2) is 16.7 Å². The molecule has 2 aromatic rings. The number of carbonyl (C=O) groups excluding carboxylic acids is 2. The van der Waals surface area contributed by atoms with Gasteiger partial charge in [-0.15, -0.1) is 0 Å². The van der Waals surface area contributed by atoms with Gasteiger partial charge in [0.1, 0.15) is 0 Å². The van der Waals surface area contributed by atoms with Gasteiger partial charge in [-0.05, 0) is 71.8 Å². The summed E-state index contributed by atoms with van der Waals surface area (Å²) in [6.07, 6.45) is 4.08. The van der Waals surface area contributed by atoms with E-state index < -0.39 is 0 Å². The molecule has 3 heteroatoms. The van der Waals surface area contributed by atoms with Gasteiger partial charge in [0.25, 0.3) is 0 Å². The van der Waals surface area contributed by atoms with Crippen molar-refractivity contribution in [2.24, 2.45) is 0 Å². The molecule has 2 aromatic carbocycles. The van der Waals surface area contributed by atoms with Crippen LogP contribution in [0, 0.1) is 6.92 Å². The number of carbonyl (C=O) groups is 2. The molecule has 3 nitrogen and oxygen atoms in total. The number of aliphatic hydroxyl groups excluding tert-OH is 1. The van der Waals surface area contributed by atoms with Gasteiger partial charge in [0.05, 0.1) is 0 Å². The Morgan fingerprint density at radius 2 is 1.48 bits per heavy atom. The normalized spacial score (nSPS) is 19.8. The highest BCUT2D eigenvalue weighted by Crippen LogP contribution is 2.46. The number of ketones is 2. The summed E-state index contributed by atoms with van der Waals surface area (Å²) < 4.78 is 0. The van der Waals surface area contributed by atoms with E-state index in [9.17, 15) is 14.7 Å². The highest BCUT2D eigenvalue weighted by atomic mass is 16.3. The topological polar surface area (TPSA) is 54.4 Å². The first-order valence-electron chi connectivity index (χ1n) is 11.3. The van der Waals surface area contributed by atoms with Gasteiger partial charge in [0, 0.05) is 23.1 Å². The molecule has 4 rings (SSSR count). The second kappa shape index (κ2) is 7.47. The third-order valence-corrected chi connectivity index (χ3v) is 7.32. The average molecular weight is 417 g/mol. The van der Waals surface area contributed by atoms with Crippen molar-refractivity contribution < 1.29 is 14.7 Å². The summed E-state index contributed by atoms with van der Waals surface area (Å²) in [7, 11) is 0. The molecule has 2 aliphatic carbocycles. The zero-order valence-electron chi connectivity index (χ0n) is 19.3. The number of rotatable bonds is 3. The van der Waals surface area contributed by atoms with Crippen LogP contribution in [0.1, 0.15) is 98.0 Å². The Bertz CT molecular complexity index is 1100. The zero-order chi connectivity index (χ0) is 22.6. The van der Waals surface area contributed by atoms with Crippen LogP contribution in [0.15, 0.2) is 42.2 Å². The van der Waals surface area contributed by atoms with E-state index >= 15 is 0 Å². The minimum Gasteiger partial charge on any atom is -0.504 e. The Morgan fingerprint density at radius 1 is 0.903 bits per heavy atom. The Kier molecular flexibility index (Phi) is 5.20. The van der Waals surface area contributed by atoms with Gasteiger partial charge in [-0.3, -0.25) is 9.59 Å². The molecular weight excluding hydrogens is 384 g/mol. The molecule has 0 amide bonds. The number of aliphatic hydroxyl groups is 1. The maximum Gasteiger partial charge on any atom is 0.197 e. The van der Waals surface area contributed by atoms with Crippen LogP contribution >= 0.6 is 0 Å². The first kappa shape index (κ1) is 21.5. The molecule has 0 aromatic heterocycles. The molecule has 0 atom stereocenters. The van der Waals surface area contributed by atoms with Crippen LogP contribution in [0.2, 0.25) is 0 Å². The van der Waals surface area contributed by atoms with Crippen molar-refractivity contribution in [2.45, 2.75) is 77.6 Å². The van der Waals surface area contributed by atoms with Crippen molar-refractivity contribution in [3.05, 3.63) is 75.5 Å². The molecule has 0 unspecified atom stereocenters. The van der Waals surface area contributed by atoms with Crippen molar-refractivity contribution >= 4 is 17.1 Å². The molecule has 162 valence electrons. The predicted octanol–water partition coefficient (Wildman–Crippen LogP) is 6.60. The number of benzene rings is 2. The smallest absolute Gasteiger partial charge is 0.197 e. The molecule has 0 fully saturated rings. The number of allylic oxidation sites excluding steroid dienone is 2. The second-order valence-electron chi connectivity index (χ2n) is 10.5. The fraction of sp³-hybridized carbons (Fsp3) is 0.429. The molecule has 0 spiro atoms. The lowest BCUT2D eigenvalue weighted by atomic mass is 9.62. The van der Waals surface area contributed by atoms with Crippen LogP contribution in [0.25, 0.3) is 5.57 Å². The molecule has 0 aliphatic heterocycles. The van der Waals surface area contributed by atoms with E-state index in [1.165, 1.54) is 11.1 Å². The third-order valence-electron chi connectivity index (χ3n) is 7.32. The summed E-state index contributed by atoms with van der Waals surface area (Å²) in [5.74, 6) is -0.304. The quantitative estimate of drug-likeness (QED) is 0.574. The molecule has 31 heavy (non-hydrogen) atoms. The Balaban J connectivity index is 1.71. The molecule has 2 aliphatic rings. The number of hydrogen-bond acceptors (Lipinski definition) is 3. The molecular formula is C28H32O3. The van der Waals surface area contributed by atoms with Crippen LogP contribution in [-0.2, 0) is 15.6 Å². The first-order chi connectivity index (χ1) is 14.5. The Hall–Kier alpha value is -2.68. The van der Waals surface area contributed by atoms with Crippen molar-refractivity contribution in [3.8, 4) is 0 Å². The van der Waals surface area contributed by atoms with Crippen molar-refractivity contribution in [3.63, 3.8) is 0 Å². The maximum absolute atomic E-state index is 13.4. The van der Waals surface area contributed by atoms with E-state index in [4.69, 9.17) is 0 Å². The van der Waals surface area contributed by atoms with E-state index in [1.807, 2.05) is 31.2 Å². The lowest BCUT2D eigenvalue weighted by Gasteiger charge is -2.42. The van der Waals surface area contributed by atoms with E-state index in [2.05, 4.69) is 39.8 Å². The zero-order valence-corrected chi connectivity index (χ0v) is 19.3. The second-order valence-corrected chi connectivity index (χ2v) is 10.5. The highest BCUT2D eigenvalue weighted by molar-refractivity contribution is 6.10. The number of hydrogen-bond donors (Lipinski definition) is 1. The van der Waals surface area contributed by atoms with E-state index in [0.29, 0.717) is 24.0 Å². The minimum atomic E-state index is -0.198. The number of aryl methyl sites for hydroxylation is 1. The Morgan fingerprint density at radius 3 is 2.10 bits per heavy atom. The number of fused-ring (bicyclic) bond motifs is 1. The SMILES string of the molecule is Cc1cc2c(cc1C(=O)c1ccc(C3=C(O)C(=O)CCC3)cc1)C(C)(C)CCC2(C)C. The summed E-state index contributed by atoms with van der Waals surface area (Å²) in [6.45, 7) is 11.1. The van der Waals surface area contributed by atoms with Gasteiger partial charge in [0.2, 0.25) is 0 Å². The highest BCUT2D eigenvalue weighted by Gasteiger charge is 2.37. The summed E-state index contributed by atoms with van der Waals surface area (Å²) in [5, 5.41) is 10.2. The van der Waals surface area contributed by atoms with Crippen molar-refractivity contribution in [1.82, 2.24) is 0 Å². The third kappa shape index (κ3) is 3.75. The lowest BCUT2D eigenvalue weighted by molar-refractivity contribution is -0.118. The van der Waals surface area contributed by atoms with Gasteiger partial charge < -0.3 is 5.11 Å². The Labute approximate surface area is 185 Å². The van der Waals surface area contributed by atoms with E-state index in [1.54, 1.807) is 0 Å². The van der Waals surface area contributed by atoms with Crippen molar-refractivity contribution in [2.75, 3.05) is 0 Å². The van der Waals surface area contributed by atoms with Gasteiger partial charge in [-0.2, -0.15) is 0 Å². The van der Waals surface area contributed by atoms with Gasteiger partial charge in [-0.25, -0.2) is 0 Å². The molecule has 0 bridgehead atoms. The minimum absolute atomic E-state index is 0.0175. The standard InChI is InChI=1S/C28H32O3/c1-17-15-22-23(28(4,5)14-13-27(22,2)3)16-21(17)25(30)19-11-9-18(10-12-19)20-7-6-8-24(29)26(20)31/h9-12,15-16,31H,6-8,13-14H2,1-5H3. The summed E-state index contributed by atoms with van der Waals surface area (Å²) in [6, 6.07) is 11.6. The van der Waals surface area contributed by atoms with Crippen LogP contribution in [0.3, 0.4) is 0 Å². The number of Topliss-reactive ketones (excluding diaryl/α,β-unsaturated/α-hetero) is 1. The van der Waals surface area contributed by atoms with Gasteiger partial charge in [-0.1, -0.05) is 58.0 Å². The van der Waals surface area contributed by atoms with Crippen LogP contribution < -0.4 is 0 Å². The molecule has 0 radical (unpaired) electrons. The monoisotopic (exact) mass is 416 g/mol. The largest absolute Gasteiger partial charge is 0.504 e. The predicted molar refractivity (Wildman–Crippen MR) is 125 cm³/mol. The average Bonchev–Trinajstić information content (AvgIpc) is 2.73. The van der Waals surface area contributed by atoms with Crippen LogP contribution in [0.5, 0.6) is 0 Å². The molecule has 0 heterocycles. The first-order valence-corrected chi connectivity index (χ1v) is 11.3. The summed E-state index contributed by atoms with van der Waals surface area (Å²) in [5.41, 5.74) is 6.70. The summed E-state index contributed by atoms with van der Waals surface area (Å²) >= 11 is 0. The molecule has 0 saturated carbocycles. The molecule has 1 N–H and O–H groups in total. The lowest BCUT2D eigenvalue weighted by Crippen LogP contribution is -2.34. The van der Waals surface area contributed by atoms with Crippen molar-refractivity contribution in [1.29, 1.82) is 0 Å². The van der Waals surface area contributed by atoms with Gasteiger partial charge in [0.15, 0.2) is 17.3 Å². The summed E-state index contributed by atoms with van der Waals surface area (Å²) in [4.78, 5) is 25.2. The fourth-order valence-electron chi connectivity index (χ4n) is 5.06. The maximum atomic E-state index is 13.4. The van der Waals surface area contributed by atoms with Gasteiger partial charge >= 0.3 is 0 Å². The fourth-order valence-corrected chi connectivity index (χ4v) is 5.06. The molecule has 0 saturated heterocycles. The van der Waals surface area contributed by atoms with Crippen LogP contribution in [0.4, 0.5) is 0 Å².